The number of anilines is 1. The summed E-state index contributed by atoms with van der Waals surface area (Å²) >= 11 is 0. The van der Waals surface area contributed by atoms with Gasteiger partial charge in [0.15, 0.2) is 5.69 Å². The summed E-state index contributed by atoms with van der Waals surface area (Å²) in [5, 5.41) is 12.0. The van der Waals surface area contributed by atoms with Crippen molar-refractivity contribution in [2.75, 3.05) is 25.1 Å². The van der Waals surface area contributed by atoms with E-state index in [-0.39, 0.29) is 16.9 Å². The molecule has 0 radical (unpaired) electrons. The highest BCUT2D eigenvalue weighted by molar-refractivity contribution is 5.36. The third-order valence-corrected chi connectivity index (χ3v) is 4.26. The van der Waals surface area contributed by atoms with Crippen LogP contribution in [-0.2, 0) is 10.2 Å². The number of nitrogens with zero attached hydrogens (tertiary/aromatic N) is 3. The van der Waals surface area contributed by atoms with Crippen LogP contribution in [-0.4, -0.2) is 29.7 Å². The second-order valence-electron chi connectivity index (χ2n) is 5.66. The number of ether oxygens (including phenoxy) is 1. The van der Waals surface area contributed by atoms with E-state index in [4.69, 9.17) is 10.00 Å². The normalized spacial score (nSPS) is 16.5. The van der Waals surface area contributed by atoms with E-state index >= 15 is 0 Å². The van der Waals surface area contributed by atoms with Gasteiger partial charge in [0.25, 0.3) is 0 Å². The Morgan fingerprint density at radius 1 is 1.26 bits per heavy atom. The Bertz CT molecular complexity index is 705. The van der Waals surface area contributed by atoms with Crippen LogP contribution in [0, 0.1) is 17.1 Å². The monoisotopic (exact) mass is 312 g/mol. The Labute approximate surface area is 134 Å². The number of nitrogens with one attached hydrogen (secondary N) is 1. The van der Waals surface area contributed by atoms with Crippen molar-refractivity contribution in [1.82, 2.24) is 9.97 Å². The molecule has 0 aliphatic carbocycles. The van der Waals surface area contributed by atoms with Gasteiger partial charge in [-0.15, -0.1) is 0 Å². The van der Waals surface area contributed by atoms with Gasteiger partial charge in [0, 0.05) is 25.2 Å². The highest BCUT2D eigenvalue weighted by atomic mass is 19.1. The number of hydrogen-bond acceptors (Lipinski definition) is 5. The van der Waals surface area contributed by atoms with Gasteiger partial charge in [0.1, 0.15) is 17.7 Å². The minimum atomic E-state index is -0.230. The standard InChI is InChI=1S/C17H17FN4O/c18-14-3-1-2-13(8-14)17(4-6-23-7-5-17)12-22-16-11-20-15(9-19)10-21-16/h1-3,8,10-11H,4-7,12H2,(H,21,22). The molecule has 3 rings (SSSR count). The van der Waals surface area contributed by atoms with Gasteiger partial charge >= 0.3 is 0 Å². The van der Waals surface area contributed by atoms with Crippen LogP contribution in [0.5, 0.6) is 0 Å². The van der Waals surface area contributed by atoms with E-state index in [1.54, 1.807) is 12.1 Å². The average molecular weight is 312 g/mol. The Morgan fingerprint density at radius 2 is 2.09 bits per heavy atom. The van der Waals surface area contributed by atoms with Crippen LogP contribution in [0.25, 0.3) is 0 Å². The minimum absolute atomic E-state index is 0.198. The largest absolute Gasteiger partial charge is 0.381 e. The summed E-state index contributed by atoms with van der Waals surface area (Å²) < 4.78 is 19.1. The summed E-state index contributed by atoms with van der Waals surface area (Å²) in [6.07, 6.45) is 4.60. The van der Waals surface area contributed by atoms with Gasteiger partial charge in [-0.1, -0.05) is 12.1 Å². The summed E-state index contributed by atoms with van der Waals surface area (Å²) in [6.45, 7) is 1.91. The van der Waals surface area contributed by atoms with Crippen LogP contribution in [0.2, 0.25) is 0 Å². The zero-order chi connectivity index (χ0) is 16.1. The van der Waals surface area contributed by atoms with E-state index in [1.165, 1.54) is 18.5 Å². The van der Waals surface area contributed by atoms with Gasteiger partial charge in [-0.2, -0.15) is 5.26 Å². The first kappa shape index (κ1) is 15.4. The SMILES string of the molecule is N#Cc1cnc(NCC2(c3cccc(F)c3)CCOCC2)cn1. The Morgan fingerprint density at radius 3 is 2.74 bits per heavy atom. The molecular formula is C17H17FN4O. The first-order valence-corrected chi connectivity index (χ1v) is 7.52. The van der Waals surface area contributed by atoms with Gasteiger partial charge in [-0.25, -0.2) is 14.4 Å². The summed E-state index contributed by atoms with van der Waals surface area (Å²) in [5.41, 5.74) is 1.05. The zero-order valence-electron chi connectivity index (χ0n) is 12.6. The number of nitriles is 1. The number of rotatable bonds is 4. The maximum Gasteiger partial charge on any atom is 0.158 e. The van der Waals surface area contributed by atoms with Crippen molar-refractivity contribution in [1.29, 1.82) is 5.26 Å². The van der Waals surface area contributed by atoms with Crippen LogP contribution in [0.1, 0.15) is 24.1 Å². The van der Waals surface area contributed by atoms with Gasteiger partial charge in [-0.3, -0.25) is 0 Å². The van der Waals surface area contributed by atoms with Gasteiger partial charge in [0.2, 0.25) is 0 Å². The highest BCUT2D eigenvalue weighted by Gasteiger charge is 2.34. The summed E-state index contributed by atoms with van der Waals surface area (Å²) in [6, 6.07) is 8.69. The maximum atomic E-state index is 13.6. The molecule has 2 aromatic rings. The number of benzene rings is 1. The van der Waals surface area contributed by atoms with Crippen molar-refractivity contribution in [2.24, 2.45) is 0 Å². The summed E-state index contributed by atoms with van der Waals surface area (Å²) in [7, 11) is 0. The molecule has 5 nitrogen and oxygen atoms in total. The lowest BCUT2D eigenvalue weighted by Crippen LogP contribution is -2.40. The van der Waals surface area contributed by atoms with Crippen molar-refractivity contribution in [2.45, 2.75) is 18.3 Å². The van der Waals surface area contributed by atoms with Gasteiger partial charge in [0.05, 0.1) is 12.4 Å². The predicted molar refractivity (Wildman–Crippen MR) is 83.4 cm³/mol. The van der Waals surface area contributed by atoms with Crippen LogP contribution in [0.4, 0.5) is 10.2 Å². The Hall–Kier alpha value is -2.52. The molecule has 2 heterocycles. The third kappa shape index (κ3) is 3.46. The van der Waals surface area contributed by atoms with Crippen molar-refractivity contribution in [3.05, 3.63) is 53.7 Å². The number of aromatic nitrogens is 2. The summed E-state index contributed by atoms with van der Waals surface area (Å²) in [5.74, 6) is 0.373. The first-order chi connectivity index (χ1) is 11.2. The molecule has 1 aromatic carbocycles. The molecule has 1 fully saturated rings. The van der Waals surface area contributed by atoms with Crippen LogP contribution in [0.15, 0.2) is 36.7 Å². The van der Waals surface area contributed by atoms with E-state index in [1.807, 2.05) is 12.1 Å². The van der Waals surface area contributed by atoms with Gasteiger partial charge < -0.3 is 10.1 Å². The van der Waals surface area contributed by atoms with Crippen LogP contribution >= 0.6 is 0 Å². The molecule has 1 aliphatic rings. The second kappa shape index (κ2) is 6.71. The molecule has 0 spiro atoms. The highest BCUT2D eigenvalue weighted by Crippen LogP contribution is 2.35. The smallest absolute Gasteiger partial charge is 0.158 e. The molecular weight excluding hydrogens is 295 g/mol. The fourth-order valence-electron chi connectivity index (χ4n) is 2.88. The van der Waals surface area contributed by atoms with Gasteiger partial charge in [-0.05, 0) is 30.5 Å². The van der Waals surface area contributed by atoms with E-state index in [0.717, 1.165) is 18.4 Å². The molecule has 1 aliphatic heterocycles. The van der Waals surface area contributed by atoms with Crippen molar-refractivity contribution < 1.29 is 9.13 Å². The van der Waals surface area contributed by atoms with E-state index < -0.39 is 0 Å². The molecule has 0 saturated carbocycles. The van der Waals surface area contributed by atoms with E-state index in [9.17, 15) is 4.39 Å². The molecule has 0 atom stereocenters. The first-order valence-electron chi connectivity index (χ1n) is 7.52. The molecule has 1 saturated heterocycles. The fraction of sp³-hybridized carbons (Fsp3) is 0.353. The van der Waals surface area contributed by atoms with Crippen LogP contribution < -0.4 is 5.32 Å². The van der Waals surface area contributed by atoms with E-state index in [2.05, 4.69) is 15.3 Å². The van der Waals surface area contributed by atoms with Crippen molar-refractivity contribution >= 4 is 5.82 Å². The predicted octanol–water partition coefficient (Wildman–Crippen LogP) is 2.65. The zero-order valence-corrected chi connectivity index (χ0v) is 12.6. The minimum Gasteiger partial charge on any atom is -0.381 e. The summed E-state index contributed by atoms with van der Waals surface area (Å²) in [4.78, 5) is 8.17. The lowest BCUT2D eigenvalue weighted by molar-refractivity contribution is 0.0542. The number of hydrogen-bond donors (Lipinski definition) is 1. The van der Waals surface area contributed by atoms with Crippen molar-refractivity contribution in [3.63, 3.8) is 0 Å². The Kier molecular flexibility index (Phi) is 4.49. The van der Waals surface area contributed by atoms with Crippen molar-refractivity contribution in [3.8, 4) is 6.07 Å². The molecule has 1 N–H and O–H groups in total. The molecule has 0 bridgehead atoms. The third-order valence-electron chi connectivity index (χ3n) is 4.26. The topological polar surface area (TPSA) is 70.8 Å². The second-order valence-corrected chi connectivity index (χ2v) is 5.66. The molecule has 118 valence electrons. The lowest BCUT2D eigenvalue weighted by atomic mass is 9.74. The molecule has 0 unspecified atom stereocenters. The lowest BCUT2D eigenvalue weighted by Gasteiger charge is -2.38. The molecule has 6 heteroatoms. The fourth-order valence-corrected chi connectivity index (χ4v) is 2.88. The quantitative estimate of drug-likeness (QED) is 0.940. The van der Waals surface area contributed by atoms with E-state index in [0.29, 0.717) is 25.6 Å². The average Bonchev–Trinajstić information content (AvgIpc) is 2.61. The number of halogens is 1. The van der Waals surface area contributed by atoms with Crippen LogP contribution in [0.3, 0.4) is 0 Å². The Balaban J connectivity index is 1.80. The molecule has 23 heavy (non-hydrogen) atoms. The maximum absolute atomic E-state index is 13.6. The molecule has 1 aromatic heterocycles. The molecule has 0 amide bonds.